The first-order chi connectivity index (χ1) is 12.5. The molecule has 0 aliphatic heterocycles. The molecule has 0 atom stereocenters. The van der Waals surface area contributed by atoms with Gasteiger partial charge in [-0.05, 0) is 57.8 Å². The van der Waals surface area contributed by atoms with Gasteiger partial charge in [0, 0.05) is 0 Å². The molecule has 2 nitrogen and oxygen atoms in total. The lowest BCUT2D eigenvalue weighted by Crippen LogP contribution is -2.49. The molecule has 2 aromatic rings. The quantitative estimate of drug-likeness (QED) is 0.761. The van der Waals surface area contributed by atoms with E-state index in [4.69, 9.17) is 9.47 Å². The molecule has 0 aromatic heterocycles. The molecule has 3 rings (SSSR count). The number of rotatable bonds is 5. The summed E-state index contributed by atoms with van der Waals surface area (Å²) in [6, 6.07) is 8.58. The van der Waals surface area contributed by atoms with Gasteiger partial charge in [0.25, 0.3) is 0 Å². The second-order valence-electron chi connectivity index (χ2n) is 7.17. The van der Waals surface area contributed by atoms with E-state index in [-0.39, 0.29) is 6.71 Å². The summed E-state index contributed by atoms with van der Waals surface area (Å²) < 4.78 is 11.0. The van der Waals surface area contributed by atoms with Gasteiger partial charge in [-0.25, -0.2) is 0 Å². The normalized spacial score (nSPS) is 13.3. The van der Waals surface area contributed by atoms with Crippen molar-refractivity contribution in [3.8, 4) is 11.5 Å². The van der Waals surface area contributed by atoms with E-state index >= 15 is 0 Å². The Hall–Kier alpha value is -2.42. The molecule has 0 N–H and O–H groups in total. The zero-order chi connectivity index (χ0) is 18.8. The lowest BCUT2D eigenvalue weighted by molar-refractivity contribution is 0.414. The van der Waals surface area contributed by atoms with Crippen molar-refractivity contribution in [1.29, 1.82) is 0 Å². The van der Waals surface area contributed by atoms with Gasteiger partial charge in [-0.2, -0.15) is 0 Å². The van der Waals surface area contributed by atoms with Gasteiger partial charge in [0.1, 0.15) is 11.5 Å². The number of allylic oxidation sites excluding steroid dienone is 4. The van der Waals surface area contributed by atoms with E-state index in [0.29, 0.717) is 5.82 Å². The molecule has 2 aromatic carbocycles. The first-order valence-corrected chi connectivity index (χ1v) is 9.11. The molecule has 1 aliphatic rings. The van der Waals surface area contributed by atoms with Gasteiger partial charge >= 0.3 is 0 Å². The third-order valence-electron chi connectivity index (χ3n) is 5.39. The van der Waals surface area contributed by atoms with Crippen molar-refractivity contribution in [2.75, 3.05) is 14.2 Å². The molecule has 0 heterocycles. The molecule has 0 saturated carbocycles. The fraction of sp³-hybridized carbons (Fsp3) is 0.304. The highest BCUT2D eigenvalue weighted by Gasteiger charge is 2.32. The lowest BCUT2D eigenvalue weighted by Gasteiger charge is -2.27. The van der Waals surface area contributed by atoms with Crippen molar-refractivity contribution in [1.82, 2.24) is 0 Å². The van der Waals surface area contributed by atoms with Crippen LogP contribution in [-0.2, 0) is 0 Å². The molecule has 134 valence electrons. The highest BCUT2D eigenvalue weighted by molar-refractivity contribution is 6.88. The predicted octanol–water partition coefficient (Wildman–Crippen LogP) is 4.04. The van der Waals surface area contributed by atoms with Crippen LogP contribution in [0.15, 0.2) is 48.6 Å². The van der Waals surface area contributed by atoms with Gasteiger partial charge in [0.15, 0.2) is 0 Å². The summed E-state index contributed by atoms with van der Waals surface area (Å²) in [7, 11) is 3.46. The van der Waals surface area contributed by atoms with Gasteiger partial charge in [-0.3, -0.25) is 0 Å². The summed E-state index contributed by atoms with van der Waals surface area (Å²) in [6.45, 7) is 9.04. The predicted molar refractivity (Wildman–Crippen MR) is 112 cm³/mol. The largest absolute Gasteiger partial charge is 0.497 e. The monoisotopic (exact) mass is 346 g/mol. The topological polar surface area (TPSA) is 18.5 Å². The Morgan fingerprint density at radius 3 is 1.31 bits per heavy atom. The molecule has 0 fully saturated rings. The molecule has 0 bridgehead atoms. The van der Waals surface area contributed by atoms with Crippen molar-refractivity contribution in [2.24, 2.45) is 0 Å². The minimum absolute atomic E-state index is 0.279. The van der Waals surface area contributed by atoms with Gasteiger partial charge in [0.2, 0.25) is 6.71 Å². The molecule has 0 amide bonds. The van der Waals surface area contributed by atoms with E-state index in [1.807, 2.05) is 0 Å². The maximum absolute atomic E-state index is 5.48. The van der Waals surface area contributed by atoms with E-state index in [1.165, 1.54) is 33.2 Å². The lowest BCUT2D eigenvalue weighted by atomic mass is 9.31. The zero-order valence-corrected chi connectivity index (χ0v) is 16.6. The maximum Gasteiger partial charge on any atom is 0.221 e. The second kappa shape index (κ2) is 7.45. The number of hydrogen-bond acceptors (Lipinski definition) is 2. The van der Waals surface area contributed by atoms with Crippen LogP contribution in [0.4, 0.5) is 0 Å². The van der Waals surface area contributed by atoms with Crippen LogP contribution in [0.25, 0.3) is 0 Å². The molecular formula is C23H27BO2. The smallest absolute Gasteiger partial charge is 0.221 e. The Balaban J connectivity index is 2.24. The average Bonchev–Trinajstić information content (AvgIpc) is 3.12. The van der Waals surface area contributed by atoms with E-state index in [0.717, 1.165) is 11.5 Å². The number of benzene rings is 2. The second-order valence-corrected chi connectivity index (χ2v) is 7.17. The third-order valence-corrected chi connectivity index (χ3v) is 5.39. The fourth-order valence-electron chi connectivity index (χ4n) is 4.29. The molecule has 0 saturated heterocycles. The molecular weight excluding hydrogens is 319 g/mol. The average molecular weight is 346 g/mol. The first-order valence-electron chi connectivity index (χ1n) is 9.11. The van der Waals surface area contributed by atoms with Crippen molar-refractivity contribution < 1.29 is 9.47 Å². The van der Waals surface area contributed by atoms with Crippen LogP contribution < -0.4 is 20.4 Å². The fourth-order valence-corrected chi connectivity index (χ4v) is 4.29. The first kappa shape index (κ1) is 18.4. The van der Waals surface area contributed by atoms with Crippen LogP contribution in [0, 0.1) is 27.7 Å². The minimum atomic E-state index is 0.279. The van der Waals surface area contributed by atoms with E-state index in [2.05, 4.69) is 76.3 Å². The molecule has 26 heavy (non-hydrogen) atoms. The van der Waals surface area contributed by atoms with Gasteiger partial charge in [-0.15, -0.1) is 0 Å². The summed E-state index contributed by atoms with van der Waals surface area (Å²) in [5, 5.41) is 0. The summed E-state index contributed by atoms with van der Waals surface area (Å²) in [6.07, 6.45) is 8.91. The van der Waals surface area contributed by atoms with Gasteiger partial charge in [0.05, 0.1) is 14.2 Å². The Morgan fingerprint density at radius 2 is 1.00 bits per heavy atom. The Morgan fingerprint density at radius 1 is 0.654 bits per heavy atom. The maximum atomic E-state index is 5.48. The highest BCUT2D eigenvalue weighted by atomic mass is 16.5. The number of aryl methyl sites for hydroxylation is 4. The summed E-state index contributed by atoms with van der Waals surface area (Å²) >= 11 is 0. The van der Waals surface area contributed by atoms with Crippen LogP contribution >= 0.6 is 0 Å². The molecule has 0 unspecified atom stereocenters. The number of methoxy groups -OCH3 is 2. The van der Waals surface area contributed by atoms with Crippen LogP contribution in [-0.4, -0.2) is 20.9 Å². The summed E-state index contributed by atoms with van der Waals surface area (Å²) in [5.41, 5.74) is 7.88. The summed E-state index contributed by atoms with van der Waals surface area (Å²) in [4.78, 5) is 0. The molecule has 0 spiro atoms. The standard InChI is InChI=1S/C23H27BO2/c1-15-11-20(25-5)12-16(2)22(15)24(19-9-7-8-10-19)23-17(3)13-21(26-6)14-18(23)4/h7-14,19H,1-6H3. The van der Waals surface area contributed by atoms with Crippen LogP contribution in [0.2, 0.25) is 5.82 Å². The number of ether oxygens (including phenoxy) is 2. The van der Waals surface area contributed by atoms with Crippen LogP contribution in [0.5, 0.6) is 11.5 Å². The molecule has 1 aliphatic carbocycles. The Labute approximate surface area is 157 Å². The zero-order valence-electron chi connectivity index (χ0n) is 16.6. The number of hydrogen-bond donors (Lipinski definition) is 0. The Bertz CT molecular complexity index is 762. The minimum Gasteiger partial charge on any atom is -0.497 e. The van der Waals surface area contributed by atoms with Crippen molar-refractivity contribution in [2.45, 2.75) is 33.5 Å². The van der Waals surface area contributed by atoms with Crippen molar-refractivity contribution in [3.63, 3.8) is 0 Å². The van der Waals surface area contributed by atoms with E-state index in [1.54, 1.807) is 14.2 Å². The van der Waals surface area contributed by atoms with Crippen LogP contribution in [0.1, 0.15) is 22.3 Å². The summed E-state index contributed by atoms with van der Waals surface area (Å²) in [5.74, 6) is 2.19. The van der Waals surface area contributed by atoms with E-state index in [9.17, 15) is 0 Å². The Kier molecular flexibility index (Phi) is 5.27. The molecule has 0 radical (unpaired) electrons. The van der Waals surface area contributed by atoms with Crippen LogP contribution in [0.3, 0.4) is 0 Å². The molecule has 3 heteroatoms. The third kappa shape index (κ3) is 3.31. The van der Waals surface area contributed by atoms with Crippen molar-refractivity contribution in [3.05, 3.63) is 70.8 Å². The van der Waals surface area contributed by atoms with Crippen molar-refractivity contribution >= 4 is 17.6 Å². The highest BCUT2D eigenvalue weighted by Crippen LogP contribution is 2.26. The van der Waals surface area contributed by atoms with E-state index < -0.39 is 0 Å². The van der Waals surface area contributed by atoms with Gasteiger partial charge in [-0.1, -0.05) is 57.5 Å². The van der Waals surface area contributed by atoms with Gasteiger partial charge < -0.3 is 9.47 Å². The SMILES string of the molecule is COc1cc(C)c(B(c2c(C)cc(OC)cc2C)C2C=CC=C2)c(C)c1.